The summed E-state index contributed by atoms with van der Waals surface area (Å²) < 4.78 is 19.5. The first-order valence-electron chi connectivity index (χ1n) is 7.76. The molecule has 1 fully saturated rings. The Hall–Kier alpha value is -2.13. The Kier molecular flexibility index (Phi) is 3.43. The summed E-state index contributed by atoms with van der Waals surface area (Å²) in [5, 5.41) is 3.40. The third-order valence-corrected chi connectivity index (χ3v) is 4.44. The molecule has 0 unspecified atom stereocenters. The van der Waals surface area contributed by atoms with E-state index in [1.807, 2.05) is 12.1 Å². The number of rotatable bonds is 0. The van der Waals surface area contributed by atoms with Crippen LogP contribution in [0.2, 0.25) is 0 Å². The van der Waals surface area contributed by atoms with Gasteiger partial charge in [0.1, 0.15) is 18.2 Å². The number of hydrogen-bond donors (Lipinski definition) is 1. The van der Waals surface area contributed by atoms with Gasteiger partial charge in [0.05, 0.1) is 0 Å². The molecule has 0 aromatic heterocycles. The summed E-state index contributed by atoms with van der Waals surface area (Å²) in [6, 6.07) is 13.2. The fourth-order valence-corrected chi connectivity index (χ4v) is 3.37. The van der Waals surface area contributed by atoms with Crippen molar-refractivity contribution in [2.45, 2.75) is 19.4 Å². The third-order valence-electron chi connectivity index (χ3n) is 4.44. The standard InChI is InChI=1S/C19H18FNO/c20-15-5-6-17-18(11-15)22-12-14-3-1-2-4-16(14)19(17)13-7-9-21-10-8-13/h1-6,11,21H,7-10,12H2. The van der Waals surface area contributed by atoms with Gasteiger partial charge in [-0.05, 0) is 54.8 Å². The highest BCUT2D eigenvalue weighted by atomic mass is 19.1. The van der Waals surface area contributed by atoms with Crippen LogP contribution in [-0.4, -0.2) is 13.1 Å². The Morgan fingerprint density at radius 2 is 1.77 bits per heavy atom. The van der Waals surface area contributed by atoms with Crippen LogP contribution in [0.15, 0.2) is 48.0 Å². The number of ether oxygens (including phenoxy) is 1. The van der Waals surface area contributed by atoms with Crippen LogP contribution in [0.3, 0.4) is 0 Å². The van der Waals surface area contributed by atoms with Crippen LogP contribution in [0.1, 0.15) is 29.5 Å². The van der Waals surface area contributed by atoms with Gasteiger partial charge in [-0.1, -0.05) is 29.8 Å². The number of hydrogen-bond acceptors (Lipinski definition) is 2. The third kappa shape index (κ3) is 2.32. The van der Waals surface area contributed by atoms with E-state index in [0.717, 1.165) is 31.5 Å². The molecule has 2 heterocycles. The zero-order valence-electron chi connectivity index (χ0n) is 12.4. The summed E-state index contributed by atoms with van der Waals surface area (Å²) in [5.74, 6) is 0.400. The van der Waals surface area contributed by atoms with E-state index in [1.54, 1.807) is 0 Å². The van der Waals surface area contributed by atoms with Gasteiger partial charge < -0.3 is 10.1 Å². The summed E-state index contributed by atoms with van der Waals surface area (Å²) in [4.78, 5) is 0. The molecule has 2 aliphatic rings. The molecule has 2 aromatic carbocycles. The quantitative estimate of drug-likeness (QED) is 0.796. The molecule has 4 rings (SSSR count). The van der Waals surface area contributed by atoms with E-state index >= 15 is 0 Å². The van der Waals surface area contributed by atoms with E-state index < -0.39 is 0 Å². The lowest BCUT2D eigenvalue weighted by Gasteiger charge is -2.21. The van der Waals surface area contributed by atoms with E-state index in [4.69, 9.17) is 4.74 Å². The molecule has 0 saturated carbocycles. The van der Waals surface area contributed by atoms with Crippen molar-refractivity contribution in [2.24, 2.45) is 0 Å². The Bertz CT molecular complexity index is 743. The van der Waals surface area contributed by atoms with Crippen molar-refractivity contribution < 1.29 is 9.13 Å². The fourth-order valence-electron chi connectivity index (χ4n) is 3.37. The average Bonchev–Trinajstić information content (AvgIpc) is 2.72. The number of halogens is 1. The van der Waals surface area contributed by atoms with E-state index in [2.05, 4.69) is 23.5 Å². The SMILES string of the molecule is Fc1ccc2c(c1)OCc1ccccc1C2=C1CCNCC1. The van der Waals surface area contributed by atoms with Crippen LogP contribution in [-0.2, 0) is 6.61 Å². The lowest BCUT2D eigenvalue weighted by atomic mass is 9.87. The number of piperidine rings is 1. The predicted octanol–water partition coefficient (Wildman–Crippen LogP) is 3.90. The molecule has 2 aliphatic heterocycles. The maximum Gasteiger partial charge on any atom is 0.130 e. The maximum atomic E-state index is 13.6. The van der Waals surface area contributed by atoms with Crippen molar-refractivity contribution in [1.29, 1.82) is 0 Å². The van der Waals surface area contributed by atoms with Crippen LogP contribution in [0.25, 0.3) is 5.57 Å². The normalized spacial score (nSPS) is 17.3. The maximum absolute atomic E-state index is 13.6. The van der Waals surface area contributed by atoms with Crippen LogP contribution < -0.4 is 10.1 Å². The average molecular weight is 295 g/mol. The van der Waals surface area contributed by atoms with Crippen LogP contribution >= 0.6 is 0 Å². The molecule has 0 radical (unpaired) electrons. The molecule has 112 valence electrons. The van der Waals surface area contributed by atoms with E-state index in [0.29, 0.717) is 12.4 Å². The van der Waals surface area contributed by atoms with Gasteiger partial charge in [-0.15, -0.1) is 0 Å². The van der Waals surface area contributed by atoms with Gasteiger partial charge in [0.15, 0.2) is 0 Å². The van der Waals surface area contributed by atoms with Gasteiger partial charge >= 0.3 is 0 Å². The van der Waals surface area contributed by atoms with Crippen LogP contribution in [0.4, 0.5) is 4.39 Å². The lowest BCUT2D eigenvalue weighted by Crippen LogP contribution is -2.23. The fraction of sp³-hybridized carbons (Fsp3) is 0.263. The minimum Gasteiger partial charge on any atom is -0.488 e. The van der Waals surface area contributed by atoms with Crippen molar-refractivity contribution in [3.63, 3.8) is 0 Å². The van der Waals surface area contributed by atoms with Crippen molar-refractivity contribution in [3.8, 4) is 5.75 Å². The second kappa shape index (κ2) is 5.58. The molecule has 0 amide bonds. The first kappa shape index (κ1) is 13.5. The van der Waals surface area contributed by atoms with Gasteiger partial charge in [-0.3, -0.25) is 0 Å². The molecule has 0 atom stereocenters. The van der Waals surface area contributed by atoms with Gasteiger partial charge in [-0.2, -0.15) is 0 Å². The summed E-state index contributed by atoms with van der Waals surface area (Å²) in [6.45, 7) is 2.48. The summed E-state index contributed by atoms with van der Waals surface area (Å²) in [5.41, 5.74) is 6.09. The molecule has 2 aromatic rings. The van der Waals surface area contributed by atoms with Crippen molar-refractivity contribution in [1.82, 2.24) is 5.32 Å². The van der Waals surface area contributed by atoms with Gasteiger partial charge in [-0.25, -0.2) is 4.39 Å². The number of fused-ring (bicyclic) bond motifs is 2. The summed E-state index contributed by atoms with van der Waals surface area (Å²) in [7, 11) is 0. The summed E-state index contributed by atoms with van der Waals surface area (Å²) in [6.07, 6.45) is 2.06. The topological polar surface area (TPSA) is 21.3 Å². The monoisotopic (exact) mass is 295 g/mol. The van der Waals surface area contributed by atoms with Crippen molar-refractivity contribution >= 4 is 5.57 Å². The Balaban J connectivity index is 1.98. The van der Waals surface area contributed by atoms with Crippen LogP contribution in [0, 0.1) is 5.82 Å². The Morgan fingerprint density at radius 3 is 2.64 bits per heavy atom. The highest BCUT2D eigenvalue weighted by Crippen LogP contribution is 2.40. The van der Waals surface area contributed by atoms with E-state index in [9.17, 15) is 4.39 Å². The first-order chi connectivity index (χ1) is 10.8. The van der Waals surface area contributed by atoms with Crippen LogP contribution in [0.5, 0.6) is 5.75 Å². The second-order valence-corrected chi connectivity index (χ2v) is 5.81. The molecule has 2 nitrogen and oxygen atoms in total. The smallest absolute Gasteiger partial charge is 0.130 e. The Labute approximate surface area is 129 Å². The number of nitrogens with one attached hydrogen (secondary N) is 1. The van der Waals surface area contributed by atoms with Gasteiger partial charge in [0.25, 0.3) is 0 Å². The highest BCUT2D eigenvalue weighted by molar-refractivity contribution is 5.87. The molecule has 22 heavy (non-hydrogen) atoms. The molecule has 1 saturated heterocycles. The van der Waals surface area contributed by atoms with Crippen molar-refractivity contribution in [2.75, 3.05) is 13.1 Å². The molecule has 1 N–H and O–H groups in total. The minimum absolute atomic E-state index is 0.251. The molecular weight excluding hydrogens is 277 g/mol. The number of benzene rings is 2. The lowest BCUT2D eigenvalue weighted by molar-refractivity contribution is 0.305. The summed E-state index contributed by atoms with van der Waals surface area (Å²) >= 11 is 0. The molecule has 0 spiro atoms. The molecule has 0 aliphatic carbocycles. The van der Waals surface area contributed by atoms with E-state index in [1.165, 1.54) is 34.4 Å². The predicted molar refractivity (Wildman–Crippen MR) is 85.3 cm³/mol. The van der Waals surface area contributed by atoms with Crippen molar-refractivity contribution in [3.05, 3.63) is 70.5 Å². The first-order valence-corrected chi connectivity index (χ1v) is 7.76. The van der Waals surface area contributed by atoms with E-state index in [-0.39, 0.29) is 5.82 Å². The van der Waals surface area contributed by atoms with Gasteiger partial charge in [0.2, 0.25) is 0 Å². The molecular formula is C19H18FNO. The largest absolute Gasteiger partial charge is 0.488 e. The molecule has 0 bridgehead atoms. The Morgan fingerprint density at radius 1 is 0.955 bits per heavy atom. The molecule has 3 heteroatoms. The minimum atomic E-state index is -0.251. The van der Waals surface area contributed by atoms with Gasteiger partial charge in [0, 0.05) is 11.6 Å². The zero-order valence-corrected chi connectivity index (χ0v) is 12.4. The zero-order chi connectivity index (χ0) is 14.9. The second-order valence-electron chi connectivity index (χ2n) is 5.81. The highest BCUT2D eigenvalue weighted by Gasteiger charge is 2.23.